The molecular weight excluding hydrogens is 236 g/mol. The molecule has 0 aliphatic rings. The number of aryl methyl sites for hydroxylation is 1. The van der Waals surface area contributed by atoms with Gasteiger partial charge < -0.3 is 5.32 Å². The number of amides is 1. The van der Waals surface area contributed by atoms with Gasteiger partial charge in [0.2, 0.25) is 5.91 Å². The molecule has 0 fully saturated rings. The Labute approximate surface area is 117 Å². The van der Waals surface area contributed by atoms with Gasteiger partial charge in [0, 0.05) is 5.69 Å². The van der Waals surface area contributed by atoms with Crippen LogP contribution in [0.3, 0.4) is 0 Å². The fourth-order valence-corrected chi connectivity index (χ4v) is 1.97. The normalized spacial score (nSPS) is 11.1. The van der Waals surface area contributed by atoms with E-state index in [1.165, 1.54) is 5.56 Å². The van der Waals surface area contributed by atoms with Gasteiger partial charge in [-0.2, -0.15) is 0 Å². The second kappa shape index (κ2) is 7.29. The third-order valence-corrected chi connectivity index (χ3v) is 3.46. The fourth-order valence-electron chi connectivity index (χ4n) is 1.97. The molecule has 3 heteroatoms. The first-order valence-corrected chi connectivity index (χ1v) is 7.10. The molecule has 0 saturated heterocycles. The number of hydrogen-bond acceptors (Lipinski definition) is 2. The number of carbonyl (C=O) groups is 1. The Kier molecular flexibility index (Phi) is 6.03. The number of carbonyl (C=O) groups excluding carboxylic acids is 1. The second-order valence-electron chi connectivity index (χ2n) is 5.24. The minimum Gasteiger partial charge on any atom is -0.325 e. The molecule has 1 amide bonds. The minimum absolute atomic E-state index is 0.0627. The van der Waals surface area contributed by atoms with Crippen LogP contribution in [-0.4, -0.2) is 30.4 Å². The van der Waals surface area contributed by atoms with Gasteiger partial charge in [-0.15, -0.1) is 0 Å². The van der Waals surface area contributed by atoms with E-state index in [0.717, 1.165) is 24.3 Å². The van der Waals surface area contributed by atoms with E-state index in [1.807, 2.05) is 6.92 Å². The quantitative estimate of drug-likeness (QED) is 0.852. The van der Waals surface area contributed by atoms with Crippen LogP contribution in [0.1, 0.15) is 44.7 Å². The highest BCUT2D eigenvalue weighted by Gasteiger charge is 2.10. The first-order valence-electron chi connectivity index (χ1n) is 7.10. The molecule has 0 atom stereocenters. The third-order valence-electron chi connectivity index (χ3n) is 3.46. The topological polar surface area (TPSA) is 32.3 Å². The largest absolute Gasteiger partial charge is 0.325 e. The van der Waals surface area contributed by atoms with Crippen molar-refractivity contribution in [1.82, 2.24) is 4.90 Å². The zero-order valence-electron chi connectivity index (χ0n) is 12.8. The predicted molar refractivity (Wildman–Crippen MR) is 81.7 cm³/mol. The van der Waals surface area contributed by atoms with Crippen LogP contribution in [-0.2, 0) is 4.79 Å². The number of rotatable bonds is 6. The average Bonchev–Trinajstić information content (AvgIpc) is 2.38. The van der Waals surface area contributed by atoms with Crippen LogP contribution in [0, 0.1) is 6.92 Å². The summed E-state index contributed by atoms with van der Waals surface area (Å²) in [5.74, 6) is 0.534. The van der Waals surface area contributed by atoms with Gasteiger partial charge in [0.25, 0.3) is 0 Å². The standard InChI is InChI=1S/C16H26N2O/c1-6-18(7-2)11-16(19)17-15-10-14(12(3)4)9-8-13(15)5/h8-10,12H,6-7,11H2,1-5H3,(H,17,19). The fraction of sp³-hybridized carbons (Fsp3) is 0.562. The highest BCUT2D eigenvalue weighted by atomic mass is 16.2. The summed E-state index contributed by atoms with van der Waals surface area (Å²) < 4.78 is 0. The number of anilines is 1. The summed E-state index contributed by atoms with van der Waals surface area (Å²) in [4.78, 5) is 14.1. The lowest BCUT2D eigenvalue weighted by Crippen LogP contribution is -2.33. The lowest BCUT2D eigenvalue weighted by molar-refractivity contribution is -0.117. The SMILES string of the molecule is CCN(CC)CC(=O)Nc1cc(C(C)C)ccc1C. The van der Waals surface area contributed by atoms with E-state index < -0.39 is 0 Å². The molecule has 3 nitrogen and oxygen atoms in total. The van der Waals surface area contributed by atoms with Crippen molar-refractivity contribution in [3.8, 4) is 0 Å². The van der Waals surface area contributed by atoms with Crippen LogP contribution in [0.4, 0.5) is 5.69 Å². The summed E-state index contributed by atoms with van der Waals surface area (Å²) >= 11 is 0. The van der Waals surface area contributed by atoms with Crippen molar-refractivity contribution in [2.24, 2.45) is 0 Å². The molecule has 0 spiro atoms. The van der Waals surface area contributed by atoms with Crippen molar-refractivity contribution >= 4 is 11.6 Å². The third kappa shape index (κ3) is 4.67. The Balaban J connectivity index is 2.75. The van der Waals surface area contributed by atoms with Crippen molar-refractivity contribution in [2.45, 2.75) is 40.5 Å². The zero-order chi connectivity index (χ0) is 14.4. The molecule has 0 bridgehead atoms. The highest BCUT2D eigenvalue weighted by Crippen LogP contribution is 2.22. The second-order valence-corrected chi connectivity index (χ2v) is 5.24. The molecular formula is C16H26N2O. The molecule has 0 aromatic heterocycles. The van der Waals surface area contributed by atoms with Gasteiger partial charge in [-0.25, -0.2) is 0 Å². The molecule has 19 heavy (non-hydrogen) atoms. The first-order chi connectivity index (χ1) is 8.97. The lowest BCUT2D eigenvalue weighted by atomic mass is 10.0. The Morgan fingerprint density at radius 3 is 2.42 bits per heavy atom. The van der Waals surface area contributed by atoms with Gasteiger partial charge >= 0.3 is 0 Å². The molecule has 0 saturated carbocycles. The van der Waals surface area contributed by atoms with Gasteiger partial charge in [0.05, 0.1) is 6.54 Å². The van der Waals surface area contributed by atoms with E-state index in [4.69, 9.17) is 0 Å². The van der Waals surface area contributed by atoms with Crippen LogP contribution in [0.5, 0.6) is 0 Å². The molecule has 0 aliphatic heterocycles. The average molecular weight is 262 g/mol. The van der Waals surface area contributed by atoms with E-state index in [-0.39, 0.29) is 5.91 Å². The maximum atomic E-state index is 12.0. The van der Waals surface area contributed by atoms with E-state index in [0.29, 0.717) is 12.5 Å². The maximum Gasteiger partial charge on any atom is 0.238 e. The van der Waals surface area contributed by atoms with E-state index in [1.54, 1.807) is 0 Å². The molecule has 1 aromatic carbocycles. The molecule has 0 radical (unpaired) electrons. The summed E-state index contributed by atoms with van der Waals surface area (Å²) in [6.07, 6.45) is 0. The monoisotopic (exact) mass is 262 g/mol. The van der Waals surface area contributed by atoms with Crippen molar-refractivity contribution in [1.29, 1.82) is 0 Å². The van der Waals surface area contributed by atoms with Crippen molar-refractivity contribution in [3.63, 3.8) is 0 Å². The van der Waals surface area contributed by atoms with Crippen molar-refractivity contribution < 1.29 is 4.79 Å². The lowest BCUT2D eigenvalue weighted by Gasteiger charge is -2.18. The molecule has 0 aliphatic carbocycles. The number of nitrogens with zero attached hydrogens (tertiary/aromatic N) is 1. The Hall–Kier alpha value is -1.35. The highest BCUT2D eigenvalue weighted by molar-refractivity contribution is 5.93. The summed E-state index contributed by atoms with van der Waals surface area (Å²) in [5, 5.41) is 3.02. The number of nitrogens with one attached hydrogen (secondary N) is 1. The van der Waals surface area contributed by atoms with Crippen LogP contribution in [0.25, 0.3) is 0 Å². The van der Waals surface area contributed by atoms with Gasteiger partial charge in [-0.05, 0) is 43.1 Å². The van der Waals surface area contributed by atoms with E-state index >= 15 is 0 Å². The molecule has 1 N–H and O–H groups in total. The van der Waals surface area contributed by atoms with Crippen LogP contribution >= 0.6 is 0 Å². The van der Waals surface area contributed by atoms with Crippen molar-refractivity contribution in [3.05, 3.63) is 29.3 Å². The van der Waals surface area contributed by atoms with Gasteiger partial charge in [0.15, 0.2) is 0 Å². The summed E-state index contributed by atoms with van der Waals surface area (Å²) in [5.41, 5.74) is 3.30. The first kappa shape index (κ1) is 15.7. The molecule has 0 unspecified atom stereocenters. The van der Waals surface area contributed by atoms with Gasteiger partial charge in [-0.3, -0.25) is 9.69 Å². The van der Waals surface area contributed by atoms with E-state index in [9.17, 15) is 4.79 Å². The zero-order valence-corrected chi connectivity index (χ0v) is 12.8. The van der Waals surface area contributed by atoms with Crippen LogP contribution < -0.4 is 5.32 Å². The number of benzene rings is 1. The Morgan fingerprint density at radius 2 is 1.89 bits per heavy atom. The predicted octanol–water partition coefficient (Wildman–Crippen LogP) is 3.40. The van der Waals surface area contributed by atoms with Gasteiger partial charge in [-0.1, -0.05) is 39.8 Å². The summed E-state index contributed by atoms with van der Waals surface area (Å²) in [7, 11) is 0. The molecule has 1 aromatic rings. The van der Waals surface area contributed by atoms with Gasteiger partial charge in [0.1, 0.15) is 0 Å². The number of likely N-dealkylation sites (N-methyl/N-ethyl adjacent to an activating group) is 1. The van der Waals surface area contributed by atoms with Crippen LogP contribution in [0.2, 0.25) is 0 Å². The molecule has 1 rings (SSSR count). The summed E-state index contributed by atoms with van der Waals surface area (Å²) in [6.45, 7) is 12.7. The Morgan fingerprint density at radius 1 is 1.26 bits per heavy atom. The van der Waals surface area contributed by atoms with Crippen LogP contribution in [0.15, 0.2) is 18.2 Å². The Bertz CT molecular complexity index is 423. The smallest absolute Gasteiger partial charge is 0.238 e. The van der Waals surface area contributed by atoms with E-state index in [2.05, 4.69) is 56.1 Å². The molecule has 106 valence electrons. The summed E-state index contributed by atoms with van der Waals surface area (Å²) in [6, 6.07) is 6.28. The maximum absolute atomic E-state index is 12.0. The minimum atomic E-state index is 0.0627. The van der Waals surface area contributed by atoms with Crippen molar-refractivity contribution in [2.75, 3.05) is 25.0 Å². The molecule has 0 heterocycles. The number of hydrogen-bond donors (Lipinski definition) is 1.